The first-order valence-corrected chi connectivity index (χ1v) is 8.67. The predicted molar refractivity (Wildman–Crippen MR) is 93.6 cm³/mol. The number of likely N-dealkylation sites (tertiary alicyclic amines) is 1. The Morgan fingerprint density at radius 3 is 2.42 bits per heavy atom. The average molecular weight is 370 g/mol. The molecular formula is C19H25F3N2O2. The molecule has 4 nitrogen and oxygen atoms in total. The fourth-order valence-corrected chi connectivity index (χ4v) is 3.10. The van der Waals surface area contributed by atoms with E-state index in [1.54, 1.807) is 4.90 Å². The molecule has 144 valence electrons. The second-order valence-corrected chi connectivity index (χ2v) is 7.86. The van der Waals surface area contributed by atoms with E-state index in [-0.39, 0.29) is 23.1 Å². The zero-order chi connectivity index (χ0) is 19.7. The van der Waals surface area contributed by atoms with Crippen molar-refractivity contribution < 1.29 is 22.8 Å². The van der Waals surface area contributed by atoms with Crippen LogP contribution in [0.1, 0.15) is 44.7 Å². The van der Waals surface area contributed by atoms with Gasteiger partial charge in [0.1, 0.15) is 0 Å². The van der Waals surface area contributed by atoms with Gasteiger partial charge in [-0.3, -0.25) is 9.59 Å². The summed E-state index contributed by atoms with van der Waals surface area (Å²) >= 11 is 0. The Balaban J connectivity index is 2.09. The van der Waals surface area contributed by atoms with Crippen LogP contribution in [0.4, 0.5) is 18.9 Å². The summed E-state index contributed by atoms with van der Waals surface area (Å²) in [5.41, 5.74) is -1.07. The number of piperidine rings is 1. The standard InChI is InChI=1S/C19H25F3N2O2/c1-12-7-8-14(10-15(12)19(20,21)22)23-16(25)13-6-5-9-24(11-13)17(26)18(2,3)4/h7-8,10,13H,5-6,9,11H2,1-4H3,(H,23,25). The highest BCUT2D eigenvalue weighted by atomic mass is 19.4. The summed E-state index contributed by atoms with van der Waals surface area (Å²) in [6, 6.07) is 3.76. The Bertz CT molecular complexity index is 693. The Labute approximate surface area is 151 Å². The number of hydrogen-bond donors (Lipinski definition) is 1. The largest absolute Gasteiger partial charge is 0.416 e. The summed E-state index contributed by atoms with van der Waals surface area (Å²) in [7, 11) is 0. The minimum Gasteiger partial charge on any atom is -0.341 e. The number of amides is 2. The molecule has 2 amide bonds. The molecule has 0 radical (unpaired) electrons. The monoisotopic (exact) mass is 370 g/mol. The maximum atomic E-state index is 13.0. The number of halogens is 3. The quantitative estimate of drug-likeness (QED) is 0.847. The van der Waals surface area contributed by atoms with Crippen molar-refractivity contribution in [1.82, 2.24) is 4.90 Å². The number of benzene rings is 1. The fraction of sp³-hybridized carbons (Fsp3) is 0.579. The van der Waals surface area contributed by atoms with Gasteiger partial charge in [0, 0.05) is 24.2 Å². The summed E-state index contributed by atoms with van der Waals surface area (Å²) in [6.07, 6.45) is -3.16. The van der Waals surface area contributed by atoms with Crippen LogP contribution in [-0.4, -0.2) is 29.8 Å². The highest BCUT2D eigenvalue weighted by molar-refractivity contribution is 5.93. The molecule has 0 aromatic heterocycles. The first kappa shape index (κ1) is 20.3. The average Bonchev–Trinajstić information content (AvgIpc) is 2.54. The van der Waals surface area contributed by atoms with E-state index in [1.165, 1.54) is 19.1 Å². The molecule has 1 saturated heterocycles. The first-order chi connectivity index (χ1) is 11.9. The zero-order valence-electron chi connectivity index (χ0n) is 15.5. The maximum absolute atomic E-state index is 13.0. The van der Waals surface area contributed by atoms with Gasteiger partial charge in [0.25, 0.3) is 0 Å². The topological polar surface area (TPSA) is 49.4 Å². The van der Waals surface area contributed by atoms with Gasteiger partial charge in [-0.2, -0.15) is 13.2 Å². The highest BCUT2D eigenvalue weighted by Crippen LogP contribution is 2.33. The fourth-order valence-electron chi connectivity index (χ4n) is 3.10. The molecule has 1 heterocycles. The van der Waals surface area contributed by atoms with Crippen LogP contribution < -0.4 is 5.32 Å². The van der Waals surface area contributed by atoms with E-state index < -0.39 is 23.1 Å². The van der Waals surface area contributed by atoms with E-state index in [0.717, 1.165) is 6.07 Å². The summed E-state index contributed by atoms with van der Waals surface area (Å²) in [5, 5.41) is 2.57. The van der Waals surface area contributed by atoms with Gasteiger partial charge >= 0.3 is 6.18 Å². The van der Waals surface area contributed by atoms with Gasteiger partial charge in [-0.05, 0) is 37.5 Å². The molecule has 0 saturated carbocycles. The van der Waals surface area contributed by atoms with Crippen molar-refractivity contribution in [1.29, 1.82) is 0 Å². The second kappa shape index (κ2) is 7.29. The Hall–Kier alpha value is -2.05. The van der Waals surface area contributed by atoms with Gasteiger partial charge in [-0.25, -0.2) is 0 Å². The summed E-state index contributed by atoms with van der Waals surface area (Å²) in [5.74, 6) is -0.802. The Kier molecular flexibility index (Phi) is 5.68. The molecule has 0 aliphatic carbocycles. The molecule has 1 atom stereocenters. The number of nitrogens with zero attached hydrogens (tertiary/aromatic N) is 1. The first-order valence-electron chi connectivity index (χ1n) is 8.67. The SMILES string of the molecule is Cc1ccc(NC(=O)C2CCCN(C(=O)C(C)(C)C)C2)cc1C(F)(F)F. The van der Waals surface area contributed by atoms with Crippen LogP contribution in [0.2, 0.25) is 0 Å². The molecule has 1 aliphatic heterocycles. The minimum atomic E-state index is -4.47. The van der Waals surface area contributed by atoms with Crippen molar-refractivity contribution in [2.75, 3.05) is 18.4 Å². The third-order valence-electron chi connectivity index (χ3n) is 4.53. The van der Waals surface area contributed by atoms with Gasteiger partial charge in [-0.15, -0.1) is 0 Å². The van der Waals surface area contributed by atoms with Crippen LogP contribution in [-0.2, 0) is 15.8 Å². The van der Waals surface area contributed by atoms with Crippen molar-refractivity contribution in [2.24, 2.45) is 11.3 Å². The van der Waals surface area contributed by atoms with Crippen molar-refractivity contribution in [3.05, 3.63) is 29.3 Å². The lowest BCUT2D eigenvalue weighted by Gasteiger charge is -2.35. The zero-order valence-corrected chi connectivity index (χ0v) is 15.5. The number of rotatable bonds is 2. The molecule has 7 heteroatoms. The molecular weight excluding hydrogens is 345 g/mol. The molecule has 1 N–H and O–H groups in total. The van der Waals surface area contributed by atoms with Crippen LogP contribution in [0.5, 0.6) is 0 Å². The van der Waals surface area contributed by atoms with E-state index in [4.69, 9.17) is 0 Å². The molecule has 1 aromatic carbocycles. The molecule has 1 aliphatic rings. The van der Waals surface area contributed by atoms with Crippen molar-refractivity contribution in [2.45, 2.75) is 46.7 Å². The maximum Gasteiger partial charge on any atom is 0.416 e. The van der Waals surface area contributed by atoms with Crippen LogP contribution in [0, 0.1) is 18.3 Å². The van der Waals surface area contributed by atoms with E-state index in [9.17, 15) is 22.8 Å². The lowest BCUT2D eigenvalue weighted by Crippen LogP contribution is -2.47. The van der Waals surface area contributed by atoms with Gasteiger partial charge in [-0.1, -0.05) is 26.8 Å². The van der Waals surface area contributed by atoms with Gasteiger partial charge in [0.15, 0.2) is 0 Å². The molecule has 2 rings (SSSR count). The summed E-state index contributed by atoms with van der Waals surface area (Å²) in [6.45, 7) is 7.74. The molecule has 0 bridgehead atoms. The third kappa shape index (κ3) is 4.77. The highest BCUT2D eigenvalue weighted by Gasteiger charge is 2.35. The van der Waals surface area contributed by atoms with E-state index in [1.807, 2.05) is 20.8 Å². The summed E-state index contributed by atoms with van der Waals surface area (Å²) < 4.78 is 39.0. The smallest absolute Gasteiger partial charge is 0.341 e. The lowest BCUT2D eigenvalue weighted by molar-refractivity contribution is -0.142. The number of nitrogens with one attached hydrogen (secondary N) is 1. The van der Waals surface area contributed by atoms with Crippen LogP contribution in [0.25, 0.3) is 0 Å². The van der Waals surface area contributed by atoms with Gasteiger partial charge in [0.2, 0.25) is 11.8 Å². The van der Waals surface area contributed by atoms with E-state index in [0.29, 0.717) is 25.9 Å². The summed E-state index contributed by atoms with van der Waals surface area (Å²) in [4.78, 5) is 26.6. The van der Waals surface area contributed by atoms with E-state index >= 15 is 0 Å². The number of anilines is 1. The number of carbonyl (C=O) groups excluding carboxylic acids is 2. The normalized spacial score (nSPS) is 18.6. The van der Waals surface area contributed by atoms with Crippen LogP contribution >= 0.6 is 0 Å². The number of alkyl halides is 3. The van der Waals surface area contributed by atoms with E-state index in [2.05, 4.69) is 5.32 Å². The second-order valence-electron chi connectivity index (χ2n) is 7.86. The number of aryl methyl sites for hydroxylation is 1. The molecule has 0 spiro atoms. The van der Waals surface area contributed by atoms with Gasteiger partial charge in [0.05, 0.1) is 11.5 Å². The predicted octanol–water partition coefficient (Wildman–Crippen LogP) is 4.24. The molecule has 26 heavy (non-hydrogen) atoms. The minimum absolute atomic E-state index is 0.0234. The molecule has 1 aromatic rings. The van der Waals surface area contributed by atoms with Gasteiger partial charge < -0.3 is 10.2 Å². The van der Waals surface area contributed by atoms with Crippen molar-refractivity contribution in [3.8, 4) is 0 Å². The molecule has 1 fully saturated rings. The van der Waals surface area contributed by atoms with Crippen LogP contribution in [0.15, 0.2) is 18.2 Å². The van der Waals surface area contributed by atoms with Crippen molar-refractivity contribution in [3.63, 3.8) is 0 Å². The van der Waals surface area contributed by atoms with Crippen LogP contribution in [0.3, 0.4) is 0 Å². The lowest BCUT2D eigenvalue weighted by atomic mass is 9.91. The molecule has 1 unspecified atom stereocenters. The third-order valence-corrected chi connectivity index (χ3v) is 4.53. The Morgan fingerprint density at radius 1 is 1.19 bits per heavy atom. The van der Waals surface area contributed by atoms with Crippen molar-refractivity contribution >= 4 is 17.5 Å². The number of hydrogen-bond acceptors (Lipinski definition) is 2. The number of carbonyl (C=O) groups is 2. The Morgan fingerprint density at radius 2 is 1.85 bits per heavy atom.